The zero-order valence-electron chi connectivity index (χ0n) is 10.1. The highest BCUT2D eigenvalue weighted by Crippen LogP contribution is 2.25. The molecule has 0 aliphatic rings. The first-order valence-corrected chi connectivity index (χ1v) is 6.03. The summed E-state index contributed by atoms with van der Waals surface area (Å²) in [6.07, 6.45) is 0. The van der Waals surface area contributed by atoms with E-state index in [4.69, 9.17) is 0 Å². The first kappa shape index (κ1) is 13.0. The van der Waals surface area contributed by atoms with E-state index in [1.165, 1.54) is 0 Å². The molecule has 1 rings (SSSR count). The molecule has 0 aliphatic heterocycles. The molecule has 0 unspecified atom stereocenters. The molecule has 1 aromatic carbocycles. The van der Waals surface area contributed by atoms with Crippen LogP contribution >= 0.6 is 15.9 Å². The third-order valence-corrected chi connectivity index (χ3v) is 3.01. The van der Waals surface area contributed by atoms with E-state index in [0.717, 1.165) is 21.3 Å². The van der Waals surface area contributed by atoms with Gasteiger partial charge in [0.2, 0.25) is 0 Å². The van der Waals surface area contributed by atoms with Gasteiger partial charge in [0.15, 0.2) is 0 Å². The fourth-order valence-electron chi connectivity index (χ4n) is 1.45. The summed E-state index contributed by atoms with van der Waals surface area (Å²) in [5.74, 6) is 0. The monoisotopic (exact) mass is 284 g/mol. The van der Waals surface area contributed by atoms with Crippen LogP contribution in [-0.2, 0) is 0 Å². The molecule has 0 aliphatic carbocycles. The number of carbonyl (C=O) groups excluding carboxylic acids is 1. The smallest absolute Gasteiger partial charge is 0.321 e. The molecule has 2 amide bonds. The van der Waals surface area contributed by atoms with Gasteiger partial charge in [0.25, 0.3) is 0 Å². The molecular weight excluding hydrogens is 268 g/mol. The van der Waals surface area contributed by atoms with Crippen LogP contribution in [0.2, 0.25) is 0 Å². The molecule has 0 aromatic heterocycles. The van der Waals surface area contributed by atoms with E-state index in [2.05, 4.69) is 21.2 Å². The number of nitrogens with one attached hydrogen (secondary N) is 1. The number of hydrogen-bond donors (Lipinski definition) is 1. The van der Waals surface area contributed by atoms with Crippen molar-refractivity contribution in [2.45, 2.75) is 20.8 Å². The van der Waals surface area contributed by atoms with Gasteiger partial charge in [0.1, 0.15) is 0 Å². The molecule has 1 N–H and O–H groups in total. The molecule has 3 nitrogen and oxygen atoms in total. The van der Waals surface area contributed by atoms with Crippen molar-refractivity contribution in [1.29, 1.82) is 0 Å². The van der Waals surface area contributed by atoms with Gasteiger partial charge in [0.05, 0.1) is 0 Å². The summed E-state index contributed by atoms with van der Waals surface area (Å²) in [4.78, 5) is 13.4. The largest absolute Gasteiger partial charge is 0.328 e. The van der Waals surface area contributed by atoms with Gasteiger partial charge in [-0.2, -0.15) is 0 Å². The molecule has 0 spiro atoms. The minimum atomic E-state index is -0.0731. The van der Waals surface area contributed by atoms with Gasteiger partial charge >= 0.3 is 6.03 Å². The third kappa shape index (κ3) is 2.98. The van der Waals surface area contributed by atoms with Gasteiger partial charge in [-0.25, -0.2) is 4.79 Å². The van der Waals surface area contributed by atoms with Crippen molar-refractivity contribution in [2.24, 2.45) is 0 Å². The van der Waals surface area contributed by atoms with Crippen LogP contribution in [0.5, 0.6) is 0 Å². The number of urea groups is 1. The Bertz CT molecular complexity index is 381. The second-order valence-corrected chi connectivity index (χ2v) is 4.77. The maximum absolute atomic E-state index is 11.7. The van der Waals surface area contributed by atoms with Crippen molar-refractivity contribution in [3.05, 3.63) is 27.7 Å². The standard InChI is InChI=1S/C12H17BrN2O/c1-5-15(4)12(16)14-11-8(2)6-10(13)7-9(11)3/h6-7H,5H2,1-4H3,(H,14,16). The summed E-state index contributed by atoms with van der Waals surface area (Å²) < 4.78 is 1.03. The first-order chi connectivity index (χ1) is 7.45. The van der Waals surface area contributed by atoms with E-state index >= 15 is 0 Å². The normalized spacial score (nSPS) is 10.1. The van der Waals surface area contributed by atoms with Crippen molar-refractivity contribution in [2.75, 3.05) is 18.9 Å². The molecule has 0 radical (unpaired) electrons. The van der Waals surface area contributed by atoms with Crippen molar-refractivity contribution < 1.29 is 4.79 Å². The molecule has 88 valence electrons. The van der Waals surface area contributed by atoms with Crippen LogP contribution in [0.4, 0.5) is 10.5 Å². The Morgan fingerprint density at radius 1 is 1.38 bits per heavy atom. The molecule has 0 heterocycles. The molecule has 0 saturated carbocycles. The lowest BCUT2D eigenvalue weighted by Crippen LogP contribution is -2.31. The van der Waals surface area contributed by atoms with Crippen LogP contribution in [0.15, 0.2) is 16.6 Å². The Balaban J connectivity index is 2.93. The van der Waals surface area contributed by atoms with E-state index in [0.29, 0.717) is 6.54 Å². The van der Waals surface area contributed by atoms with Crippen LogP contribution in [0.3, 0.4) is 0 Å². The molecule has 16 heavy (non-hydrogen) atoms. The number of amides is 2. The quantitative estimate of drug-likeness (QED) is 0.885. The van der Waals surface area contributed by atoms with E-state index in [1.807, 2.05) is 32.9 Å². The third-order valence-electron chi connectivity index (χ3n) is 2.55. The second kappa shape index (κ2) is 5.34. The molecule has 1 aromatic rings. The topological polar surface area (TPSA) is 32.3 Å². The molecule has 0 fully saturated rings. The fourth-order valence-corrected chi connectivity index (χ4v) is 2.14. The van der Waals surface area contributed by atoms with Gasteiger partial charge < -0.3 is 10.2 Å². The van der Waals surface area contributed by atoms with Crippen LogP contribution in [-0.4, -0.2) is 24.5 Å². The lowest BCUT2D eigenvalue weighted by atomic mass is 10.1. The Labute approximate surface area is 105 Å². The average molecular weight is 285 g/mol. The Morgan fingerprint density at radius 2 is 1.88 bits per heavy atom. The van der Waals surface area contributed by atoms with Crippen LogP contribution < -0.4 is 5.32 Å². The van der Waals surface area contributed by atoms with Gasteiger partial charge in [-0.15, -0.1) is 0 Å². The van der Waals surface area contributed by atoms with Gasteiger partial charge in [0, 0.05) is 23.8 Å². The van der Waals surface area contributed by atoms with E-state index in [1.54, 1.807) is 11.9 Å². The minimum absolute atomic E-state index is 0.0731. The number of rotatable bonds is 2. The Hall–Kier alpha value is -1.03. The van der Waals surface area contributed by atoms with Crippen LogP contribution in [0.1, 0.15) is 18.1 Å². The Kier molecular flexibility index (Phi) is 4.35. The molecular formula is C12H17BrN2O. The number of halogens is 1. The summed E-state index contributed by atoms with van der Waals surface area (Å²) in [7, 11) is 1.78. The molecule has 4 heteroatoms. The number of aryl methyl sites for hydroxylation is 2. The molecule has 0 atom stereocenters. The van der Waals surface area contributed by atoms with E-state index in [-0.39, 0.29) is 6.03 Å². The predicted octanol–water partition coefficient (Wildman–Crippen LogP) is 3.55. The summed E-state index contributed by atoms with van der Waals surface area (Å²) >= 11 is 3.43. The first-order valence-electron chi connectivity index (χ1n) is 5.24. The van der Waals surface area contributed by atoms with Crippen LogP contribution in [0.25, 0.3) is 0 Å². The zero-order valence-corrected chi connectivity index (χ0v) is 11.7. The number of benzene rings is 1. The van der Waals surface area contributed by atoms with Crippen molar-refractivity contribution >= 4 is 27.6 Å². The van der Waals surface area contributed by atoms with Crippen molar-refractivity contribution in [1.82, 2.24) is 4.90 Å². The number of nitrogens with zero attached hydrogens (tertiary/aromatic N) is 1. The van der Waals surface area contributed by atoms with Gasteiger partial charge in [-0.05, 0) is 44.0 Å². The second-order valence-electron chi connectivity index (χ2n) is 3.86. The summed E-state index contributed by atoms with van der Waals surface area (Å²) in [6, 6.07) is 3.92. The SMILES string of the molecule is CCN(C)C(=O)Nc1c(C)cc(Br)cc1C. The van der Waals surface area contributed by atoms with Gasteiger partial charge in [-0.1, -0.05) is 15.9 Å². The lowest BCUT2D eigenvalue weighted by Gasteiger charge is -2.18. The highest BCUT2D eigenvalue weighted by atomic mass is 79.9. The molecule has 0 bridgehead atoms. The number of carbonyl (C=O) groups is 1. The van der Waals surface area contributed by atoms with Crippen LogP contribution in [0, 0.1) is 13.8 Å². The summed E-state index contributed by atoms with van der Waals surface area (Å²) in [6.45, 7) is 6.61. The zero-order chi connectivity index (χ0) is 12.3. The highest BCUT2D eigenvalue weighted by molar-refractivity contribution is 9.10. The van der Waals surface area contributed by atoms with Crippen molar-refractivity contribution in [3.63, 3.8) is 0 Å². The highest BCUT2D eigenvalue weighted by Gasteiger charge is 2.10. The number of hydrogen-bond acceptors (Lipinski definition) is 1. The minimum Gasteiger partial charge on any atom is -0.328 e. The summed E-state index contributed by atoms with van der Waals surface area (Å²) in [5.41, 5.74) is 3.02. The maximum atomic E-state index is 11.7. The van der Waals surface area contributed by atoms with E-state index < -0.39 is 0 Å². The summed E-state index contributed by atoms with van der Waals surface area (Å²) in [5, 5.41) is 2.92. The number of anilines is 1. The maximum Gasteiger partial charge on any atom is 0.321 e. The van der Waals surface area contributed by atoms with Gasteiger partial charge in [-0.3, -0.25) is 0 Å². The Morgan fingerprint density at radius 3 is 2.31 bits per heavy atom. The predicted molar refractivity (Wildman–Crippen MR) is 70.9 cm³/mol. The average Bonchev–Trinajstić information content (AvgIpc) is 2.21. The lowest BCUT2D eigenvalue weighted by molar-refractivity contribution is 0.224. The molecule has 0 saturated heterocycles. The van der Waals surface area contributed by atoms with Crippen molar-refractivity contribution in [3.8, 4) is 0 Å². The fraction of sp³-hybridized carbons (Fsp3) is 0.417. The van der Waals surface area contributed by atoms with E-state index in [9.17, 15) is 4.79 Å².